The molecule has 2 N–H and O–H groups in total. The molecule has 7 heteroatoms. The van der Waals surface area contributed by atoms with Crippen LogP contribution < -0.4 is 5.56 Å². The maximum absolute atomic E-state index is 11.4. The van der Waals surface area contributed by atoms with Gasteiger partial charge < -0.3 is 10.1 Å². The number of nitro groups is 1. The van der Waals surface area contributed by atoms with Crippen LogP contribution in [0.5, 0.6) is 5.88 Å². The number of aromatic hydroxyl groups is 1. The Morgan fingerprint density at radius 1 is 1.26 bits per heavy atom. The molecule has 0 spiro atoms. The fraction of sp³-hybridized carbons (Fsp3) is 0. The molecule has 0 atom stereocenters. The molecule has 0 radical (unpaired) electrons. The average Bonchev–Trinajstić information content (AvgIpc) is 2.36. The van der Waals surface area contributed by atoms with Crippen molar-refractivity contribution < 1.29 is 10.0 Å². The van der Waals surface area contributed by atoms with E-state index in [1.165, 1.54) is 6.08 Å². The number of aromatic nitrogens is 2. The maximum Gasteiger partial charge on any atom is 0.395 e. The van der Waals surface area contributed by atoms with Crippen LogP contribution in [0.1, 0.15) is 11.4 Å². The van der Waals surface area contributed by atoms with E-state index in [1.807, 2.05) is 30.3 Å². The summed E-state index contributed by atoms with van der Waals surface area (Å²) in [4.78, 5) is 26.7. The number of H-pyrrole nitrogens is 1. The van der Waals surface area contributed by atoms with Crippen LogP contribution in [0.25, 0.3) is 12.2 Å². The highest BCUT2D eigenvalue weighted by atomic mass is 16.6. The number of nitrogens with one attached hydrogen (secondary N) is 1. The van der Waals surface area contributed by atoms with Crippen molar-refractivity contribution in [3.8, 4) is 5.88 Å². The highest BCUT2D eigenvalue weighted by molar-refractivity contribution is 5.66. The molecule has 2 rings (SSSR count). The van der Waals surface area contributed by atoms with Crippen molar-refractivity contribution in [2.75, 3.05) is 0 Å². The lowest BCUT2D eigenvalue weighted by Gasteiger charge is -1.97. The molecule has 0 saturated carbocycles. The van der Waals surface area contributed by atoms with E-state index in [1.54, 1.807) is 6.08 Å². The molecule has 1 heterocycles. The molecule has 19 heavy (non-hydrogen) atoms. The maximum atomic E-state index is 11.4. The summed E-state index contributed by atoms with van der Waals surface area (Å²) < 4.78 is 0. The first-order chi connectivity index (χ1) is 9.08. The average molecular weight is 259 g/mol. The van der Waals surface area contributed by atoms with Crippen LogP contribution in [0.3, 0.4) is 0 Å². The van der Waals surface area contributed by atoms with Crippen LogP contribution in [0.15, 0.2) is 35.1 Å². The van der Waals surface area contributed by atoms with Crippen molar-refractivity contribution in [3.05, 3.63) is 62.2 Å². The third kappa shape index (κ3) is 2.83. The van der Waals surface area contributed by atoms with E-state index < -0.39 is 22.0 Å². The van der Waals surface area contributed by atoms with Crippen molar-refractivity contribution in [3.63, 3.8) is 0 Å². The summed E-state index contributed by atoms with van der Waals surface area (Å²) in [7, 11) is 0. The van der Waals surface area contributed by atoms with Gasteiger partial charge in [-0.25, -0.2) is 0 Å². The topological polar surface area (TPSA) is 109 Å². The highest BCUT2D eigenvalue weighted by Gasteiger charge is 2.21. The molecule has 0 aliphatic heterocycles. The van der Waals surface area contributed by atoms with Gasteiger partial charge >= 0.3 is 11.2 Å². The van der Waals surface area contributed by atoms with Gasteiger partial charge in [0, 0.05) is 0 Å². The van der Waals surface area contributed by atoms with E-state index in [-0.39, 0.29) is 5.82 Å². The van der Waals surface area contributed by atoms with Gasteiger partial charge in [0.25, 0.3) is 5.88 Å². The first-order valence-electron chi connectivity index (χ1n) is 5.29. The van der Waals surface area contributed by atoms with E-state index in [2.05, 4.69) is 9.97 Å². The fourth-order valence-corrected chi connectivity index (χ4v) is 1.45. The minimum atomic E-state index is -0.995. The standard InChI is InChI=1S/C12H9N3O4/c16-11-10(15(18)19)12(17)14-9(13-11)7-6-8-4-2-1-3-5-8/h1-7H,(H2,13,14,16,17)/b7-6+. The zero-order valence-corrected chi connectivity index (χ0v) is 9.61. The molecule has 0 fully saturated rings. The molecule has 1 aromatic heterocycles. The summed E-state index contributed by atoms with van der Waals surface area (Å²) >= 11 is 0. The predicted molar refractivity (Wildman–Crippen MR) is 68.5 cm³/mol. The van der Waals surface area contributed by atoms with Gasteiger partial charge in [0.05, 0.1) is 4.92 Å². The molecular formula is C12H9N3O4. The molecule has 0 aliphatic carbocycles. The van der Waals surface area contributed by atoms with Crippen LogP contribution in [0.4, 0.5) is 5.69 Å². The van der Waals surface area contributed by atoms with Crippen LogP contribution in [0.2, 0.25) is 0 Å². The number of aromatic amines is 1. The van der Waals surface area contributed by atoms with E-state index in [9.17, 15) is 20.0 Å². The number of hydrogen-bond acceptors (Lipinski definition) is 5. The number of nitrogens with zero attached hydrogens (tertiary/aromatic N) is 2. The van der Waals surface area contributed by atoms with Crippen molar-refractivity contribution in [1.82, 2.24) is 9.97 Å². The lowest BCUT2D eigenvalue weighted by atomic mass is 10.2. The molecule has 2 aromatic rings. The van der Waals surface area contributed by atoms with Crippen LogP contribution in [-0.2, 0) is 0 Å². The second kappa shape index (κ2) is 5.13. The molecule has 0 saturated heterocycles. The summed E-state index contributed by atoms with van der Waals surface area (Å²) in [5.74, 6) is -0.863. The summed E-state index contributed by atoms with van der Waals surface area (Å²) in [6.07, 6.45) is 3.10. The minimum Gasteiger partial charge on any atom is -0.488 e. The molecule has 0 amide bonds. The zero-order chi connectivity index (χ0) is 13.8. The molecule has 1 aromatic carbocycles. The minimum absolute atomic E-state index is 0.0388. The van der Waals surface area contributed by atoms with Gasteiger partial charge in [-0.05, 0) is 11.6 Å². The molecule has 0 bridgehead atoms. The van der Waals surface area contributed by atoms with Crippen LogP contribution in [-0.4, -0.2) is 20.0 Å². The Kier molecular flexibility index (Phi) is 3.37. The lowest BCUT2D eigenvalue weighted by Crippen LogP contribution is -2.14. The van der Waals surface area contributed by atoms with Gasteiger partial charge in [0.1, 0.15) is 5.82 Å². The Balaban J connectivity index is 2.36. The Bertz CT molecular complexity index is 692. The van der Waals surface area contributed by atoms with Gasteiger partial charge in [-0.3, -0.25) is 14.9 Å². The SMILES string of the molecule is O=c1[nH]c(/C=C/c2ccccc2)nc(O)c1[N+](=O)[O-]. The van der Waals surface area contributed by atoms with Gasteiger partial charge in [-0.1, -0.05) is 36.4 Å². The predicted octanol–water partition coefficient (Wildman–Crippen LogP) is 1.55. The monoisotopic (exact) mass is 259 g/mol. The quantitative estimate of drug-likeness (QED) is 0.642. The van der Waals surface area contributed by atoms with Gasteiger partial charge in [0.2, 0.25) is 0 Å². The third-order valence-electron chi connectivity index (χ3n) is 2.31. The summed E-state index contributed by atoms with van der Waals surface area (Å²) in [6.45, 7) is 0. The Hall–Kier alpha value is -2.96. The summed E-state index contributed by atoms with van der Waals surface area (Å²) in [5, 5.41) is 19.8. The number of hydrogen-bond donors (Lipinski definition) is 2. The normalized spacial score (nSPS) is 10.7. The Morgan fingerprint density at radius 2 is 1.95 bits per heavy atom. The molecule has 7 nitrogen and oxygen atoms in total. The molecule has 96 valence electrons. The van der Waals surface area contributed by atoms with Gasteiger partial charge in [-0.15, -0.1) is 0 Å². The molecule has 0 unspecified atom stereocenters. The van der Waals surface area contributed by atoms with E-state index >= 15 is 0 Å². The Morgan fingerprint density at radius 3 is 2.53 bits per heavy atom. The van der Waals surface area contributed by atoms with Crippen LogP contribution in [0, 0.1) is 10.1 Å². The van der Waals surface area contributed by atoms with Crippen molar-refractivity contribution >= 4 is 17.8 Å². The van der Waals surface area contributed by atoms with Crippen molar-refractivity contribution in [1.29, 1.82) is 0 Å². The second-order valence-corrected chi connectivity index (χ2v) is 3.62. The largest absolute Gasteiger partial charge is 0.488 e. The number of rotatable bonds is 3. The zero-order valence-electron chi connectivity index (χ0n) is 9.61. The summed E-state index contributed by atoms with van der Waals surface area (Å²) in [6, 6.07) is 9.20. The number of benzene rings is 1. The fourth-order valence-electron chi connectivity index (χ4n) is 1.45. The van der Waals surface area contributed by atoms with Gasteiger partial charge in [-0.2, -0.15) is 4.98 Å². The van der Waals surface area contributed by atoms with Crippen molar-refractivity contribution in [2.24, 2.45) is 0 Å². The first kappa shape index (κ1) is 12.5. The first-order valence-corrected chi connectivity index (χ1v) is 5.29. The smallest absolute Gasteiger partial charge is 0.395 e. The Labute approximate surface area is 107 Å². The van der Waals surface area contributed by atoms with E-state index in [0.717, 1.165) is 5.56 Å². The third-order valence-corrected chi connectivity index (χ3v) is 2.31. The highest BCUT2D eigenvalue weighted by Crippen LogP contribution is 2.17. The lowest BCUT2D eigenvalue weighted by molar-refractivity contribution is -0.387. The molecular weight excluding hydrogens is 250 g/mol. The second-order valence-electron chi connectivity index (χ2n) is 3.62. The van der Waals surface area contributed by atoms with Crippen LogP contribution >= 0.6 is 0 Å². The van der Waals surface area contributed by atoms with Crippen molar-refractivity contribution in [2.45, 2.75) is 0 Å². The van der Waals surface area contributed by atoms with E-state index in [0.29, 0.717) is 0 Å². The van der Waals surface area contributed by atoms with E-state index in [4.69, 9.17) is 0 Å². The molecule has 0 aliphatic rings. The van der Waals surface area contributed by atoms with Gasteiger partial charge in [0.15, 0.2) is 0 Å². The summed E-state index contributed by atoms with van der Waals surface area (Å²) in [5.41, 5.74) is -1.09.